The molecule has 1 aromatic carbocycles. The quantitative estimate of drug-likeness (QED) is 0.755. The first-order valence-electron chi connectivity index (χ1n) is 3.24. The fourth-order valence-corrected chi connectivity index (χ4v) is 2.52. The zero-order valence-electron chi connectivity index (χ0n) is 5.84. The van der Waals surface area contributed by atoms with E-state index in [0.717, 1.165) is 9.17 Å². The number of benzene rings is 1. The summed E-state index contributed by atoms with van der Waals surface area (Å²) in [6.45, 7) is 0. The van der Waals surface area contributed by atoms with Gasteiger partial charge in [0.25, 0.3) is 0 Å². The van der Waals surface area contributed by atoms with E-state index >= 15 is 0 Å². The van der Waals surface area contributed by atoms with Gasteiger partial charge in [0.2, 0.25) is 0 Å². The number of aromatic hydroxyl groups is 1. The summed E-state index contributed by atoms with van der Waals surface area (Å²) in [6.07, 6.45) is 0. The molecule has 0 amide bonds. The Labute approximate surface area is 80.6 Å². The molecule has 0 unspecified atom stereocenters. The Hall–Kier alpha value is -0.610. The molecule has 0 fully saturated rings. The molecule has 0 aliphatic heterocycles. The van der Waals surface area contributed by atoms with Gasteiger partial charge in [-0.05, 0) is 28.1 Å². The monoisotopic (exact) mass is 246 g/mol. The molecule has 12 heavy (non-hydrogen) atoms. The van der Waals surface area contributed by atoms with E-state index < -0.39 is 0 Å². The second kappa shape index (κ2) is 2.71. The normalized spacial score (nSPS) is 10.8. The van der Waals surface area contributed by atoms with Crippen molar-refractivity contribution in [2.45, 2.75) is 0 Å². The van der Waals surface area contributed by atoms with Crippen molar-refractivity contribution in [3.05, 3.63) is 27.8 Å². The van der Waals surface area contributed by atoms with Gasteiger partial charge in [-0.15, -0.1) is 11.3 Å². The van der Waals surface area contributed by atoms with Crippen LogP contribution in [0.3, 0.4) is 0 Å². The van der Waals surface area contributed by atoms with Gasteiger partial charge in [-0.3, -0.25) is 0 Å². The highest BCUT2D eigenvalue weighted by Crippen LogP contribution is 2.37. The summed E-state index contributed by atoms with van der Waals surface area (Å²) in [5.74, 6) is -0.374. The van der Waals surface area contributed by atoms with E-state index in [0.29, 0.717) is 5.39 Å². The molecule has 0 aliphatic carbocycles. The summed E-state index contributed by atoms with van der Waals surface area (Å²) < 4.78 is 14.6. The average molecular weight is 247 g/mol. The first-order valence-corrected chi connectivity index (χ1v) is 4.91. The van der Waals surface area contributed by atoms with E-state index in [1.165, 1.54) is 22.8 Å². The van der Waals surface area contributed by atoms with Crippen molar-refractivity contribution < 1.29 is 9.50 Å². The van der Waals surface area contributed by atoms with Crippen LogP contribution in [0.25, 0.3) is 10.1 Å². The van der Waals surface area contributed by atoms with Gasteiger partial charge in [0.15, 0.2) is 0 Å². The van der Waals surface area contributed by atoms with Crippen molar-refractivity contribution >= 4 is 37.4 Å². The lowest BCUT2D eigenvalue weighted by atomic mass is 10.2. The van der Waals surface area contributed by atoms with E-state index in [1.807, 2.05) is 0 Å². The number of hydrogen-bond donors (Lipinski definition) is 1. The van der Waals surface area contributed by atoms with Gasteiger partial charge >= 0.3 is 0 Å². The Morgan fingerprint density at radius 3 is 2.83 bits per heavy atom. The maximum Gasteiger partial charge on any atom is 0.137 e. The summed E-state index contributed by atoms with van der Waals surface area (Å²) in [7, 11) is 0. The topological polar surface area (TPSA) is 20.2 Å². The molecule has 0 atom stereocenters. The molecule has 0 bridgehead atoms. The van der Waals surface area contributed by atoms with Gasteiger partial charge < -0.3 is 5.11 Å². The minimum Gasteiger partial charge on any atom is -0.506 e. The Morgan fingerprint density at radius 2 is 2.17 bits per heavy atom. The molecule has 1 heterocycles. The lowest BCUT2D eigenvalue weighted by molar-refractivity contribution is 0.481. The van der Waals surface area contributed by atoms with Crippen molar-refractivity contribution in [3.63, 3.8) is 0 Å². The molecule has 0 spiro atoms. The Kier molecular flexibility index (Phi) is 1.81. The maximum absolute atomic E-state index is 13.1. The molecule has 0 aliphatic rings. The first kappa shape index (κ1) is 8.01. The van der Waals surface area contributed by atoms with Crippen LogP contribution in [0.5, 0.6) is 5.75 Å². The number of hydrogen-bond acceptors (Lipinski definition) is 2. The van der Waals surface area contributed by atoms with Crippen molar-refractivity contribution in [1.29, 1.82) is 0 Å². The van der Waals surface area contributed by atoms with Crippen LogP contribution in [0.15, 0.2) is 22.0 Å². The highest BCUT2D eigenvalue weighted by Gasteiger charge is 2.10. The molecule has 4 heteroatoms. The summed E-state index contributed by atoms with van der Waals surface area (Å²) in [6, 6.07) is 2.96. The molecule has 2 aromatic rings. The van der Waals surface area contributed by atoms with Gasteiger partial charge in [-0.1, -0.05) is 0 Å². The van der Waals surface area contributed by atoms with Gasteiger partial charge in [-0.25, -0.2) is 4.39 Å². The zero-order chi connectivity index (χ0) is 8.72. The number of thiophene rings is 1. The molecule has 0 saturated carbocycles. The SMILES string of the molecule is Oc1csc2c(Br)ccc(F)c12. The fraction of sp³-hybridized carbons (Fsp3) is 0. The molecule has 2 rings (SSSR count). The Bertz CT molecular complexity index is 438. The van der Waals surface area contributed by atoms with Crippen LogP contribution in [0.4, 0.5) is 4.39 Å². The van der Waals surface area contributed by atoms with Crippen molar-refractivity contribution in [3.8, 4) is 5.75 Å². The highest BCUT2D eigenvalue weighted by molar-refractivity contribution is 9.10. The standard InChI is InChI=1S/C8H4BrFOS/c9-4-1-2-5(10)7-6(11)3-12-8(4)7/h1-3,11H. The molecule has 1 N–H and O–H groups in total. The van der Waals surface area contributed by atoms with E-state index in [1.54, 1.807) is 6.07 Å². The smallest absolute Gasteiger partial charge is 0.137 e. The molecule has 0 radical (unpaired) electrons. The van der Waals surface area contributed by atoms with Gasteiger partial charge in [-0.2, -0.15) is 0 Å². The lowest BCUT2D eigenvalue weighted by Crippen LogP contribution is -1.74. The minimum atomic E-state index is -0.382. The first-order chi connectivity index (χ1) is 5.70. The predicted molar refractivity (Wildman–Crippen MR) is 51.1 cm³/mol. The number of fused-ring (bicyclic) bond motifs is 1. The summed E-state index contributed by atoms with van der Waals surface area (Å²) >= 11 is 4.59. The van der Waals surface area contributed by atoms with E-state index in [4.69, 9.17) is 0 Å². The largest absolute Gasteiger partial charge is 0.506 e. The number of halogens is 2. The van der Waals surface area contributed by atoms with Crippen LogP contribution < -0.4 is 0 Å². The molecule has 1 nitrogen and oxygen atoms in total. The zero-order valence-corrected chi connectivity index (χ0v) is 8.25. The minimum absolute atomic E-state index is 0.00815. The molecule has 0 saturated heterocycles. The van der Waals surface area contributed by atoms with Gasteiger partial charge in [0.1, 0.15) is 11.6 Å². The third-order valence-corrected chi connectivity index (χ3v) is 3.53. The third kappa shape index (κ3) is 1.03. The fourth-order valence-electron chi connectivity index (χ4n) is 1.06. The van der Waals surface area contributed by atoms with Crippen molar-refractivity contribution in [1.82, 2.24) is 0 Å². The summed E-state index contributed by atoms with van der Waals surface area (Å²) in [4.78, 5) is 0. The number of rotatable bonds is 0. The van der Waals surface area contributed by atoms with Crippen LogP contribution in [0.2, 0.25) is 0 Å². The second-order valence-electron chi connectivity index (χ2n) is 2.35. The predicted octanol–water partition coefficient (Wildman–Crippen LogP) is 3.51. The third-order valence-electron chi connectivity index (χ3n) is 1.60. The lowest BCUT2D eigenvalue weighted by Gasteiger charge is -1.95. The summed E-state index contributed by atoms with van der Waals surface area (Å²) in [5.41, 5.74) is 0. The Balaban J connectivity index is 2.98. The maximum atomic E-state index is 13.1. The van der Waals surface area contributed by atoms with Crippen LogP contribution in [0.1, 0.15) is 0 Å². The van der Waals surface area contributed by atoms with Crippen LogP contribution in [0, 0.1) is 5.82 Å². The average Bonchev–Trinajstić information content (AvgIpc) is 2.42. The second-order valence-corrected chi connectivity index (χ2v) is 4.09. The molecular formula is C8H4BrFOS. The van der Waals surface area contributed by atoms with Crippen molar-refractivity contribution in [2.75, 3.05) is 0 Å². The van der Waals surface area contributed by atoms with Crippen LogP contribution in [-0.4, -0.2) is 5.11 Å². The summed E-state index contributed by atoms with van der Waals surface area (Å²) in [5, 5.41) is 11.1. The highest BCUT2D eigenvalue weighted by atomic mass is 79.9. The molecule has 62 valence electrons. The van der Waals surface area contributed by atoms with Gasteiger partial charge in [0.05, 0.1) is 10.1 Å². The van der Waals surface area contributed by atoms with E-state index in [9.17, 15) is 9.50 Å². The van der Waals surface area contributed by atoms with Crippen LogP contribution >= 0.6 is 27.3 Å². The Morgan fingerprint density at radius 1 is 1.42 bits per heavy atom. The van der Waals surface area contributed by atoms with Gasteiger partial charge in [0, 0.05) is 9.85 Å². The van der Waals surface area contributed by atoms with Crippen molar-refractivity contribution in [2.24, 2.45) is 0 Å². The molecule has 1 aromatic heterocycles. The van der Waals surface area contributed by atoms with E-state index in [2.05, 4.69) is 15.9 Å². The van der Waals surface area contributed by atoms with Crippen LogP contribution in [-0.2, 0) is 0 Å². The molecular weight excluding hydrogens is 243 g/mol. The van der Waals surface area contributed by atoms with E-state index in [-0.39, 0.29) is 11.6 Å².